The molecule has 15 heavy (non-hydrogen) atoms. The van der Waals surface area contributed by atoms with Crippen molar-refractivity contribution in [2.24, 2.45) is 0 Å². The second-order valence-corrected chi connectivity index (χ2v) is 4.08. The van der Waals surface area contributed by atoms with E-state index in [2.05, 4.69) is 22.0 Å². The molecule has 2 aromatic rings. The molecule has 0 aliphatic heterocycles. The summed E-state index contributed by atoms with van der Waals surface area (Å²) in [6.45, 7) is 0. The fourth-order valence-electron chi connectivity index (χ4n) is 1.48. The quantitative estimate of drug-likeness (QED) is 0.758. The molecule has 0 atom stereocenters. The third-order valence-corrected chi connectivity index (χ3v) is 2.68. The van der Waals surface area contributed by atoms with E-state index in [4.69, 9.17) is 5.26 Å². The first-order valence-corrected chi connectivity index (χ1v) is 5.35. The van der Waals surface area contributed by atoms with Crippen LogP contribution in [0, 0.1) is 11.3 Å². The smallest absolute Gasteiger partial charge is 0.0998 e. The fourth-order valence-corrected chi connectivity index (χ4v) is 1.84. The minimum Gasteiger partial charge on any atom is -0.192 e. The molecule has 0 amide bonds. The number of nitriles is 1. The molecule has 0 N–H and O–H groups in total. The molecular weight excluding hydrogens is 250 g/mol. The van der Waals surface area contributed by atoms with Crippen molar-refractivity contribution in [1.82, 2.24) is 0 Å². The number of rotatable bonds is 1. The van der Waals surface area contributed by atoms with Crippen LogP contribution in [0.2, 0.25) is 0 Å². The first-order chi connectivity index (χ1) is 7.31. The van der Waals surface area contributed by atoms with Crippen molar-refractivity contribution in [2.45, 2.75) is 0 Å². The molecule has 72 valence electrons. The molecule has 0 spiro atoms. The van der Waals surface area contributed by atoms with Crippen LogP contribution in [0.25, 0.3) is 11.1 Å². The van der Waals surface area contributed by atoms with Gasteiger partial charge in [0.2, 0.25) is 0 Å². The lowest BCUT2D eigenvalue weighted by molar-refractivity contribution is 1.47. The van der Waals surface area contributed by atoms with Gasteiger partial charge in [0.15, 0.2) is 0 Å². The van der Waals surface area contributed by atoms with Gasteiger partial charge in [-0.1, -0.05) is 52.3 Å². The Morgan fingerprint density at radius 3 is 2.40 bits per heavy atom. The number of benzene rings is 2. The largest absolute Gasteiger partial charge is 0.192 e. The number of halogens is 1. The molecule has 0 aromatic heterocycles. The maximum Gasteiger partial charge on any atom is 0.0998 e. The zero-order valence-electron chi connectivity index (χ0n) is 7.94. The van der Waals surface area contributed by atoms with Crippen molar-refractivity contribution < 1.29 is 0 Å². The predicted molar refractivity (Wildman–Crippen MR) is 64.3 cm³/mol. The minimum atomic E-state index is 0.690. The van der Waals surface area contributed by atoms with Crippen molar-refractivity contribution in [1.29, 1.82) is 5.26 Å². The SMILES string of the molecule is N#Cc1cc(Br)ccc1-c1ccccc1. The van der Waals surface area contributed by atoms with Crippen LogP contribution < -0.4 is 0 Å². The van der Waals surface area contributed by atoms with Crippen LogP contribution >= 0.6 is 15.9 Å². The summed E-state index contributed by atoms with van der Waals surface area (Å²) in [6, 6.07) is 17.9. The maximum atomic E-state index is 9.03. The van der Waals surface area contributed by atoms with Gasteiger partial charge in [0.25, 0.3) is 0 Å². The minimum absolute atomic E-state index is 0.690. The third kappa shape index (κ3) is 2.08. The topological polar surface area (TPSA) is 23.8 Å². The summed E-state index contributed by atoms with van der Waals surface area (Å²) in [6.07, 6.45) is 0. The Labute approximate surface area is 97.1 Å². The lowest BCUT2D eigenvalue weighted by atomic mass is 10.0. The normalized spacial score (nSPS) is 9.60. The Balaban J connectivity index is 2.60. The Kier molecular flexibility index (Phi) is 2.84. The van der Waals surface area contributed by atoms with Gasteiger partial charge in [-0.05, 0) is 23.3 Å². The van der Waals surface area contributed by atoms with E-state index in [1.54, 1.807) is 0 Å². The molecule has 0 unspecified atom stereocenters. The van der Waals surface area contributed by atoms with Crippen molar-refractivity contribution in [3.8, 4) is 17.2 Å². The predicted octanol–water partition coefficient (Wildman–Crippen LogP) is 3.99. The molecule has 0 radical (unpaired) electrons. The lowest BCUT2D eigenvalue weighted by Gasteiger charge is -2.04. The molecule has 2 heteroatoms. The van der Waals surface area contributed by atoms with E-state index in [0.717, 1.165) is 15.6 Å². The highest BCUT2D eigenvalue weighted by Crippen LogP contribution is 2.25. The summed E-state index contributed by atoms with van der Waals surface area (Å²) in [5.41, 5.74) is 2.73. The van der Waals surface area contributed by atoms with Crippen LogP contribution in [0.3, 0.4) is 0 Å². The van der Waals surface area contributed by atoms with E-state index in [0.29, 0.717) is 5.56 Å². The van der Waals surface area contributed by atoms with Crippen molar-refractivity contribution in [2.75, 3.05) is 0 Å². The standard InChI is InChI=1S/C13H8BrN/c14-12-6-7-13(11(8-12)9-15)10-4-2-1-3-5-10/h1-8H. The second kappa shape index (κ2) is 4.29. The monoisotopic (exact) mass is 257 g/mol. The summed E-state index contributed by atoms with van der Waals surface area (Å²) >= 11 is 3.36. The summed E-state index contributed by atoms with van der Waals surface area (Å²) < 4.78 is 0.929. The summed E-state index contributed by atoms with van der Waals surface area (Å²) in [4.78, 5) is 0. The van der Waals surface area contributed by atoms with Gasteiger partial charge in [0.05, 0.1) is 11.6 Å². The molecule has 0 aliphatic carbocycles. The van der Waals surface area contributed by atoms with Crippen LogP contribution in [-0.2, 0) is 0 Å². The summed E-state index contributed by atoms with van der Waals surface area (Å²) in [7, 11) is 0. The Bertz CT molecular complexity index is 512. The molecule has 2 rings (SSSR count). The van der Waals surface area contributed by atoms with E-state index in [1.165, 1.54) is 0 Å². The average Bonchev–Trinajstić information content (AvgIpc) is 2.30. The zero-order chi connectivity index (χ0) is 10.7. The molecular formula is C13H8BrN. The van der Waals surface area contributed by atoms with E-state index in [-0.39, 0.29) is 0 Å². The highest BCUT2D eigenvalue weighted by Gasteiger charge is 2.04. The van der Waals surface area contributed by atoms with Crippen LogP contribution in [0.15, 0.2) is 53.0 Å². The Hall–Kier alpha value is -1.59. The van der Waals surface area contributed by atoms with Crippen molar-refractivity contribution in [3.05, 3.63) is 58.6 Å². The first-order valence-electron chi connectivity index (χ1n) is 4.56. The van der Waals surface area contributed by atoms with Gasteiger partial charge in [0, 0.05) is 4.47 Å². The van der Waals surface area contributed by atoms with Crippen LogP contribution in [0.1, 0.15) is 5.56 Å². The van der Waals surface area contributed by atoms with E-state index in [9.17, 15) is 0 Å². The second-order valence-electron chi connectivity index (χ2n) is 3.17. The number of hydrogen-bond donors (Lipinski definition) is 0. The molecule has 0 heterocycles. The molecule has 0 bridgehead atoms. The van der Waals surface area contributed by atoms with E-state index in [1.807, 2.05) is 48.5 Å². The number of nitrogens with zero attached hydrogens (tertiary/aromatic N) is 1. The van der Waals surface area contributed by atoms with E-state index < -0.39 is 0 Å². The first kappa shape index (κ1) is 9.95. The average molecular weight is 258 g/mol. The highest BCUT2D eigenvalue weighted by molar-refractivity contribution is 9.10. The highest BCUT2D eigenvalue weighted by atomic mass is 79.9. The van der Waals surface area contributed by atoms with Gasteiger partial charge in [-0.25, -0.2) is 0 Å². The van der Waals surface area contributed by atoms with Crippen LogP contribution in [-0.4, -0.2) is 0 Å². The summed E-state index contributed by atoms with van der Waals surface area (Å²) in [5.74, 6) is 0. The van der Waals surface area contributed by atoms with E-state index >= 15 is 0 Å². The van der Waals surface area contributed by atoms with Gasteiger partial charge in [-0.15, -0.1) is 0 Å². The van der Waals surface area contributed by atoms with Gasteiger partial charge in [0.1, 0.15) is 0 Å². The fraction of sp³-hybridized carbons (Fsp3) is 0. The van der Waals surface area contributed by atoms with Gasteiger partial charge in [-0.2, -0.15) is 5.26 Å². The Morgan fingerprint density at radius 2 is 1.73 bits per heavy atom. The molecule has 0 aliphatic rings. The van der Waals surface area contributed by atoms with Crippen LogP contribution in [0.4, 0.5) is 0 Å². The molecule has 0 saturated carbocycles. The Morgan fingerprint density at radius 1 is 1.00 bits per heavy atom. The maximum absolute atomic E-state index is 9.03. The zero-order valence-corrected chi connectivity index (χ0v) is 9.53. The molecule has 0 saturated heterocycles. The lowest BCUT2D eigenvalue weighted by Crippen LogP contribution is -1.83. The van der Waals surface area contributed by atoms with Gasteiger partial charge < -0.3 is 0 Å². The van der Waals surface area contributed by atoms with Gasteiger partial charge in [-0.3, -0.25) is 0 Å². The van der Waals surface area contributed by atoms with Crippen molar-refractivity contribution in [3.63, 3.8) is 0 Å². The summed E-state index contributed by atoms with van der Waals surface area (Å²) in [5, 5.41) is 9.03. The van der Waals surface area contributed by atoms with Crippen LogP contribution in [0.5, 0.6) is 0 Å². The molecule has 1 nitrogen and oxygen atoms in total. The van der Waals surface area contributed by atoms with Gasteiger partial charge >= 0.3 is 0 Å². The van der Waals surface area contributed by atoms with Crippen molar-refractivity contribution >= 4 is 15.9 Å². The molecule has 2 aromatic carbocycles. The molecule has 0 fully saturated rings. The number of hydrogen-bond acceptors (Lipinski definition) is 1. The third-order valence-electron chi connectivity index (χ3n) is 2.19.